The molecule has 0 spiro atoms. The molecule has 0 fully saturated rings. The summed E-state index contributed by atoms with van der Waals surface area (Å²) in [5.41, 5.74) is -0.0584. The second-order valence-corrected chi connectivity index (χ2v) is 5.45. The average Bonchev–Trinajstić information content (AvgIpc) is 3.04. The Morgan fingerprint density at radius 2 is 2.37 bits per heavy atom. The van der Waals surface area contributed by atoms with Crippen molar-refractivity contribution >= 4 is 11.3 Å². The predicted molar refractivity (Wildman–Crippen MR) is 72.1 cm³/mol. The van der Waals surface area contributed by atoms with Gasteiger partial charge in [-0.05, 0) is 23.6 Å². The van der Waals surface area contributed by atoms with E-state index >= 15 is 0 Å². The van der Waals surface area contributed by atoms with Crippen molar-refractivity contribution in [1.82, 2.24) is 5.32 Å². The first-order chi connectivity index (χ1) is 9.23. The molecule has 2 heterocycles. The van der Waals surface area contributed by atoms with E-state index < -0.39 is 5.54 Å². The van der Waals surface area contributed by atoms with Gasteiger partial charge in [0.1, 0.15) is 18.1 Å². The van der Waals surface area contributed by atoms with Crippen LogP contribution in [0.25, 0.3) is 0 Å². The number of nitrogens with one attached hydrogen (secondary N) is 1. The number of phenols is 1. The van der Waals surface area contributed by atoms with Gasteiger partial charge in [0.05, 0.1) is 6.07 Å². The SMILES string of the molecule is N#CC1(NCc2cccs2)COc2cc(O)ccc21. The third-order valence-electron chi connectivity index (χ3n) is 3.20. The molecule has 1 aromatic carbocycles. The Morgan fingerprint density at radius 3 is 3.11 bits per heavy atom. The van der Waals surface area contributed by atoms with E-state index in [1.807, 2.05) is 17.5 Å². The molecule has 0 aliphatic carbocycles. The summed E-state index contributed by atoms with van der Waals surface area (Å²) >= 11 is 1.65. The van der Waals surface area contributed by atoms with Crippen LogP contribution in [-0.2, 0) is 12.1 Å². The molecule has 2 N–H and O–H groups in total. The first kappa shape index (κ1) is 12.0. The van der Waals surface area contributed by atoms with Crippen molar-refractivity contribution in [3.63, 3.8) is 0 Å². The maximum atomic E-state index is 9.51. The van der Waals surface area contributed by atoms with Gasteiger partial charge in [-0.15, -0.1) is 11.3 Å². The minimum Gasteiger partial charge on any atom is -0.508 e. The fourth-order valence-corrected chi connectivity index (χ4v) is 2.82. The molecule has 3 rings (SSSR count). The van der Waals surface area contributed by atoms with E-state index in [9.17, 15) is 10.4 Å². The minimum atomic E-state index is -0.840. The van der Waals surface area contributed by atoms with E-state index in [4.69, 9.17) is 4.74 Å². The second-order valence-electron chi connectivity index (χ2n) is 4.42. The molecule has 5 heteroatoms. The molecule has 1 aliphatic rings. The van der Waals surface area contributed by atoms with Crippen LogP contribution < -0.4 is 10.1 Å². The van der Waals surface area contributed by atoms with Crippen LogP contribution >= 0.6 is 11.3 Å². The Labute approximate surface area is 114 Å². The van der Waals surface area contributed by atoms with Gasteiger partial charge in [-0.25, -0.2) is 0 Å². The van der Waals surface area contributed by atoms with E-state index in [2.05, 4.69) is 11.4 Å². The van der Waals surface area contributed by atoms with Crippen molar-refractivity contribution in [2.75, 3.05) is 6.61 Å². The monoisotopic (exact) mass is 272 g/mol. The van der Waals surface area contributed by atoms with Crippen LogP contribution in [0.3, 0.4) is 0 Å². The van der Waals surface area contributed by atoms with Crippen molar-refractivity contribution in [2.45, 2.75) is 12.1 Å². The highest BCUT2D eigenvalue weighted by molar-refractivity contribution is 7.09. The summed E-state index contributed by atoms with van der Waals surface area (Å²) in [6.07, 6.45) is 0. The molecule has 0 bridgehead atoms. The molecule has 1 unspecified atom stereocenters. The third-order valence-corrected chi connectivity index (χ3v) is 4.08. The van der Waals surface area contributed by atoms with Crippen molar-refractivity contribution in [3.8, 4) is 17.6 Å². The summed E-state index contributed by atoms with van der Waals surface area (Å²) in [4.78, 5) is 1.17. The Morgan fingerprint density at radius 1 is 1.47 bits per heavy atom. The summed E-state index contributed by atoms with van der Waals surface area (Å²) in [7, 11) is 0. The van der Waals surface area contributed by atoms with Crippen LogP contribution in [0.4, 0.5) is 0 Å². The lowest BCUT2D eigenvalue weighted by Gasteiger charge is -2.20. The molecular formula is C14H12N2O2S. The van der Waals surface area contributed by atoms with Gasteiger partial charge in [0.2, 0.25) is 0 Å². The van der Waals surface area contributed by atoms with Crippen molar-refractivity contribution in [1.29, 1.82) is 5.26 Å². The Hall–Kier alpha value is -2.03. The van der Waals surface area contributed by atoms with E-state index in [-0.39, 0.29) is 12.4 Å². The zero-order valence-corrected chi connectivity index (χ0v) is 10.9. The zero-order valence-electron chi connectivity index (χ0n) is 10.1. The summed E-state index contributed by atoms with van der Waals surface area (Å²) in [6, 6.07) is 11.2. The largest absolute Gasteiger partial charge is 0.508 e. The van der Waals surface area contributed by atoms with Crippen LogP contribution in [0.1, 0.15) is 10.4 Å². The summed E-state index contributed by atoms with van der Waals surface area (Å²) in [5.74, 6) is 0.714. The smallest absolute Gasteiger partial charge is 0.170 e. The lowest BCUT2D eigenvalue weighted by atomic mass is 9.93. The Kier molecular flexibility index (Phi) is 2.90. The lowest BCUT2D eigenvalue weighted by Crippen LogP contribution is -2.42. The number of benzene rings is 1. The van der Waals surface area contributed by atoms with Crippen LogP contribution in [0.5, 0.6) is 11.5 Å². The minimum absolute atomic E-state index is 0.144. The first-order valence-electron chi connectivity index (χ1n) is 5.88. The van der Waals surface area contributed by atoms with Gasteiger partial charge in [0.25, 0.3) is 0 Å². The Bertz CT molecular complexity index is 633. The number of phenolic OH excluding ortho intramolecular Hbond substituents is 1. The normalized spacial score (nSPS) is 20.6. The van der Waals surface area contributed by atoms with Crippen LogP contribution in [0, 0.1) is 11.3 Å². The standard InChI is InChI=1S/C14H12N2O2S/c15-8-14(16-7-11-2-1-5-19-11)9-18-13-6-10(17)3-4-12(13)14/h1-6,16-17H,7,9H2. The molecule has 96 valence electrons. The van der Waals surface area contributed by atoms with Crippen LogP contribution in [-0.4, -0.2) is 11.7 Å². The van der Waals surface area contributed by atoms with E-state index in [0.717, 1.165) is 5.56 Å². The number of hydrogen-bond acceptors (Lipinski definition) is 5. The summed E-state index contributed by atoms with van der Waals surface area (Å²) in [6.45, 7) is 0.878. The molecule has 19 heavy (non-hydrogen) atoms. The number of rotatable bonds is 3. The molecule has 4 nitrogen and oxygen atoms in total. The number of nitrogens with zero attached hydrogens (tertiary/aromatic N) is 1. The average molecular weight is 272 g/mol. The quantitative estimate of drug-likeness (QED) is 0.900. The van der Waals surface area contributed by atoms with Crippen LogP contribution in [0.2, 0.25) is 0 Å². The highest BCUT2D eigenvalue weighted by atomic mass is 32.1. The molecule has 1 atom stereocenters. The zero-order chi connectivity index (χ0) is 13.3. The number of aromatic hydroxyl groups is 1. The number of ether oxygens (including phenoxy) is 1. The molecule has 1 aliphatic heterocycles. The number of fused-ring (bicyclic) bond motifs is 1. The topological polar surface area (TPSA) is 65.3 Å². The molecule has 0 amide bonds. The summed E-state index contributed by atoms with van der Waals surface area (Å²) in [5, 5.41) is 24.2. The fraction of sp³-hybridized carbons (Fsp3) is 0.214. The van der Waals surface area contributed by atoms with Crippen LogP contribution in [0.15, 0.2) is 35.7 Å². The molecular weight excluding hydrogens is 260 g/mol. The van der Waals surface area contributed by atoms with Gasteiger partial charge in [0.15, 0.2) is 5.54 Å². The Balaban J connectivity index is 1.88. The molecule has 2 aromatic rings. The highest BCUT2D eigenvalue weighted by Crippen LogP contribution is 2.39. The number of nitriles is 1. The van der Waals surface area contributed by atoms with Crippen molar-refractivity contribution in [2.24, 2.45) is 0 Å². The third kappa shape index (κ3) is 2.05. The van der Waals surface area contributed by atoms with Crippen molar-refractivity contribution in [3.05, 3.63) is 46.2 Å². The van der Waals surface area contributed by atoms with Gasteiger partial charge in [-0.3, -0.25) is 5.32 Å². The maximum absolute atomic E-state index is 9.51. The highest BCUT2D eigenvalue weighted by Gasteiger charge is 2.41. The number of hydrogen-bond donors (Lipinski definition) is 2. The molecule has 0 saturated heterocycles. The van der Waals surface area contributed by atoms with E-state index in [1.54, 1.807) is 29.5 Å². The number of thiophene rings is 1. The van der Waals surface area contributed by atoms with Gasteiger partial charge < -0.3 is 9.84 Å². The maximum Gasteiger partial charge on any atom is 0.170 e. The first-order valence-corrected chi connectivity index (χ1v) is 6.76. The van der Waals surface area contributed by atoms with Crippen molar-refractivity contribution < 1.29 is 9.84 Å². The molecule has 0 radical (unpaired) electrons. The lowest BCUT2D eigenvalue weighted by molar-refractivity contribution is 0.270. The second kappa shape index (κ2) is 4.57. The molecule has 1 aromatic heterocycles. The fourth-order valence-electron chi connectivity index (χ4n) is 2.18. The van der Waals surface area contributed by atoms with Gasteiger partial charge in [-0.1, -0.05) is 6.07 Å². The molecule has 0 saturated carbocycles. The van der Waals surface area contributed by atoms with E-state index in [1.165, 1.54) is 4.88 Å². The van der Waals surface area contributed by atoms with E-state index in [0.29, 0.717) is 12.3 Å². The van der Waals surface area contributed by atoms with Gasteiger partial charge in [0, 0.05) is 23.1 Å². The van der Waals surface area contributed by atoms with Gasteiger partial charge in [-0.2, -0.15) is 5.26 Å². The van der Waals surface area contributed by atoms with Gasteiger partial charge >= 0.3 is 0 Å². The predicted octanol–water partition coefficient (Wildman–Crippen LogP) is 2.35. The summed E-state index contributed by atoms with van der Waals surface area (Å²) < 4.78 is 5.51.